The Balaban J connectivity index is 1.46. The molecule has 3 heterocycles. The molecule has 0 bridgehead atoms. The second kappa shape index (κ2) is 6.13. The third-order valence-corrected chi connectivity index (χ3v) is 4.13. The molecule has 0 saturated carbocycles. The third-order valence-electron chi connectivity index (χ3n) is 4.13. The second-order valence-corrected chi connectivity index (χ2v) is 5.82. The van der Waals surface area contributed by atoms with Gasteiger partial charge in [0, 0.05) is 18.5 Å². The molecule has 10 heteroatoms. The van der Waals surface area contributed by atoms with Gasteiger partial charge in [-0.05, 0) is 12.1 Å². The van der Waals surface area contributed by atoms with E-state index in [0.717, 1.165) is 0 Å². The molecule has 1 amide bonds. The molecule has 2 atom stereocenters. The number of hydrogen-bond donors (Lipinski definition) is 2. The van der Waals surface area contributed by atoms with Crippen molar-refractivity contribution in [3.63, 3.8) is 0 Å². The Kier molecular flexibility index (Phi) is 3.80. The molecule has 0 spiro atoms. The normalized spacial score (nSPS) is 20.2. The highest BCUT2D eigenvalue weighted by Crippen LogP contribution is 2.26. The minimum absolute atomic E-state index is 0.0641. The van der Waals surface area contributed by atoms with Crippen LogP contribution < -0.4 is 11.1 Å². The van der Waals surface area contributed by atoms with Gasteiger partial charge in [0.1, 0.15) is 11.3 Å². The Morgan fingerprint density at radius 1 is 1.44 bits per heavy atom. The molecule has 0 radical (unpaired) electrons. The van der Waals surface area contributed by atoms with Gasteiger partial charge in [-0.2, -0.15) is 4.98 Å². The molecule has 0 aliphatic carbocycles. The van der Waals surface area contributed by atoms with Crippen LogP contribution >= 0.6 is 0 Å². The van der Waals surface area contributed by atoms with Crippen LogP contribution in [0.1, 0.15) is 16.5 Å². The van der Waals surface area contributed by atoms with E-state index < -0.39 is 5.91 Å². The monoisotopic (exact) mass is 346 g/mol. The topological polar surface area (TPSA) is 121 Å². The number of nitrogens with zero attached hydrogens (tertiary/aromatic N) is 4. The maximum absolute atomic E-state index is 13.2. The molecule has 130 valence electrons. The minimum Gasteiger partial charge on any atom is -0.424 e. The van der Waals surface area contributed by atoms with E-state index in [1.807, 2.05) is 0 Å². The fourth-order valence-electron chi connectivity index (χ4n) is 2.82. The lowest BCUT2D eigenvalue weighted by molar-refractivity contribution is 0.0995. The molecular weight excluding hydrogens is 331 g/mol. The van der Waals surface area contributed by atoms with Gasteiger partial charge in [0.2, 0.25) is 0 Å². The molecule has 1 aromatic carbocycles. The number of anilines is 1. The van der Waals surface area contributed by atoms with Crippen LogP contribution in [0.5, 0.6) is 0 Å². The van der Waals surface area contributed by atoms with Crippen LogP contribution in [0.2, 0.25) is 0 Å². The van der Waals surface area contributed by atoms with E-state index in [1.165, 1.54) is 24.4 Å². The quantitative estimate of drug-likeness (QED) is 0.705. The van der Waals surface area contributed by atoms with E-state index in [9.17, 15) is 9.18 Å². The van der Waals surface area contributed by atoms with Gasteiger partial charge in [-0.3, -0.25) is 4.79 Å². The summed E-state index contributed by atoms with van der Waals surface area (Å²) in [6, 6.07) is 4.38. The van der Waals surface area contributed by atoms with E-state index in [2.05, 4.69) is 20.6 Å². The molecule has 1 saturated heterocycles. The molecule has 9 nitrogen and oxygen atoms in total. The van der Waals surface area contributed by atoms with Crippen molar-refractivity contribution in [2.45, 2.75) is 6.04 Å². The summed E-state index contributed by atoms with van der Waals surface area (Å²) >= 11 is 0. The van der Waals surface area contributed by atoms with Gasteiger partial charge in [-0.1, -0.05) is 5.21 Å². The van der Waals surface area contributed by atoms with Crippen LogP contribution in [0, 0.1) is 11.7 Å². The molecule has 3 aromatic rings. The number of hydrogen-bond acceptors (Lipinski definition) is 7. The summed E-state index contributed by atoms with van der Waals surface area (Å²) in [6.07, 6.45) is 1.51. The van der Waals surface area contributed by atoms with E-state index in [0.29, 0.717) is 36.9 Å². The number of nitrogens with one attached hydrogen (secondary N) is 1. The lowest BCUT2D eigenvalue weighted by Crippen LogP contribution is -2.25. The number of carbonyl (C=O) groups is 1. The second-order valence-electron chi connectivity index (χ2n) is 5.82. The maximum atomic E-state index is 13.2. The van der Waals surface area contributed by atoms with E-state index >= 15 is 0 Å². The number of benzene rings is 1. The predicted octanol–water partition coefficient (Wildman–Crippen LogP) is 0.957. The van der Waals surface area contributed by atoms with E-state index in [1.54, 1.807) is 4.68 Å². The fourth-order valence-corrected chi connectivity index (χ4v) is 2.82. The first kappa shape index (κ1) is 15.5. The van der Waals surface area contributed by atoms with Crippen molar-refractivity contribution in [2.75, 3.05) is 25.1 Å². The Morgan fingerprint density at radius 3 is 3.12 bits per heavy atom. The number of fused-ring (bicyclic) bond motifs is 1. The molecule has 3 N–H and O–H groups in total. The van der Waals surface area contributed by atoms with Gasteiger partial charge in [-0.15, -0.1) is 5.10 Å². The van der Waals surface area contributed by atoms with E-state index in [4.69, 9.17) is 14.9 Å². The molecule has 1 aliphatic heterocycles. The Labute approximate surface area is 140 Å². The van der Waals surface area contributed by atoms with Gasteiger partial charge in [0.05, 0.1) is 25.5 Å². The van der Waals surface area contributed by atoms with Crippen molar-refractivity contribution in [3.05, 3.63) is 35.9 Å². The Bertz CT molecular complexity index is 923. The number of primary amides is 1. The van der Waals surface area contributed by atoms with Crippen LogP contribution in [-0.2, 0) is 4.74 Å². The van der Waals surface area contributed by atoms with Gasteiger partial charge >= 0.3 is 0 Å². The van der Waals surface area contributed by atoms with Crippen LogP contribution in [0.3, 0.4) is 0 Å². The highest BCUT2D eigenvalue weighted by Gasteiger charge is 2.31. The number of halogens is 1. The Morgan fingerprint density at radius 2 is 2.32 bits per heavy atom. The number of amides is 1. The zero-order valence-electron chi connectivity index (χ0n) is 13.1. The zero-order valence-corrected chi connectivity index (χ0v) is 13.1. The molecule has 25 heavy (non-hydrogen) atoms. The standard InChI is InChI=1S/C15H15FN6O3/c16-9-1-2-13-10(3-9)19-15(25-13)18-4-8-6-24-7-12(8)22-5-11(14(17)23)20-21-22/h1-3,5,8,12H,4,6-7H2,(H2,17,23)(H,18,19)/t8-,12-/m1/s1. The smallest absolute Gasteiger partial charge is 0.295 e. The molecular formula is C15H15FN6O3. The van der Waals surface area contributed by atoms with Crippen LogP contribution in [-0.4, -0.2) is 45.6 Å². The van der Waals surface area contributed by atoms with Crippen molar-refractivity contribution in [2.24, 2.45) is 11.7 Å². The van der Waals surface area contributed by atoms with Crippen LogP contribution in [0.4, 0.5) is 10.4 Å². The van der Waals surface area contributed by atoms with Gasteiger partial charge in [0.15, 0.2) is 11.3 Å². The summed E-state index contributed by atoms with van der Waals surface area (Å²) in [4.78, 5) is 15.4. The van der Waals surface area contributed by atoms with Crippen molar-refractivity contribution in [1.29, 1.82) is 0 Å². The summed E-state index contributed by atoms with van der Waals surface area (Å²) in [5.74, 6) is -0.930. The first-order valence-corrected chi connectivity index (χ1v) is 7.69. The number of carbonyl (C=O) groups excluding carboxylic acids is 1. The summed E-state index contributed by atoms with van der Waals surface area (Å²) in [7, 11) is 0. The molecule has 4 rings (SSSR count). The molecule has 1 aliphatic rings. The average molecular weight is 346 g/mol. The van der Waals surface area contributed by atoms with Crippen molar-refractivity contribution < 1.29 is 18.3 Å². The molecule has 1 fully saturated rings. The number of nitrogens with two attached hydrogens (primary N) is 1. The number of rotatable bonds is 5. The Hall–Kier alpha value is -3.01. The van der Waals surface area contributed by atoms with Crippen LogP contribution in [0.25, 0.3) is 11.1 Å². The predicted molar refractivity (Wildman–Crippen MR) is 84.3 cm³/mol. The van der Waals surface area contributed by atoms with Gasteiger partial charge in [0.25, 0.3) is 11.9 Å². The lowest BCUT2D eigenvalue weighted by atomic mass is 10.0. The first-order valence-electron chi connectivity index (χ1n) is 7.69. The summed E-state index contributed by atoms with van der Waals surface area (Å²) < 4.78 is 25.8. The summed E-state index contributed by atoms with van der Waals surface area (Å²) in [5, 5.41) is 10.8. The van der Waals surface area contributed by atoms with Crippen molar-refractivity contribution in [1.82, 2.24) is 20.0 Å². The zero-order chi connectivity index (χ0) is 17.4. The minimum atomic E-state index is -0.626. The molecule has 0 unspecified atom stereocenters. The van der Waals surface area contributed by atoms with Gasteiger partial charge < -0.3 is 20.2 Å². The highest BCUT2D eigenvalue weighted by atomic mass is 19.1. The van der Waals surface area contributed by atoms with Crippen LogP contribution in [0.15, 0.2) is 28.8 Å². The SMILES string of the molecule is NC(=O)c1cn([C@@H]2COC[C@H]2CNc2nc3cc(F)ccc3o2)nn1. The largest absolute Gasteiger partial charge is 0.424 e. The van der Waals surface area contributed by atoms with Gasteiger partial charge in [-0.25, -0.2) is 9.07 Å². The lowest BCUT2D eigenvalue weighted by Gasteiger charge is -2.17. The number of oxazole rings is 1. The first-order chi connectivity index (χ1) is 12.1. The van der Waals surface area contributed by atoms with E-state index in [-0.39, 0.29) is 23.5 Å². The number of aromatic nitrogens is 4. The molecule has 2 aromatic heterocycles. The number of ether oxygens (including phenoxy) is 1. The summed E-state index contributed by atoms with van der Waals surface area (Å²) in [5.41, 5.74) is 6.26. The highest BCUT2D eigenvalue weighted by molar-refractivity contribution is 5.90. The van der Waals surface area contributed by atoms with Crippen molar-refractivity contribution >= 4 is 23.0 Å². The maximum Gasteiger partial charge on any atom is 0.295 e. The average Bonchev–Trinajstić information content (AvgIpc) is 3.30. The summed E-state index contributed by atoms with van der Waals surface area (Å²) in [6.45, 7) is 1.47. The van der Waals surface area contributed by atoms with Crippen molar-refractivity contribution in [3.8, 4) is 0 Å². The third kappa shape index (κ3) is 3.03. The fraction of sp³-hybridized carbons (Fsp3) is 0.333.